The molecule has 0 bridgehead atoms. The summed E-state index contributed by atoms with van der Waals surface area (Å²) in [7, 11) is 0. The first-order chi connectivity index (χ1) is 12.7. The number of carbonyl (C=O) groups excluding carboxylic acids is 1. The summed E-state index contributed by atoms with van der Waals surface area (Å²) in [6, 6.07) is 13.3. The number of ether oxygens (including phenoxy) is 2. The van der Waals surface area contributed by atoms with E-state index in [0.717, 1.165) is 28.1 Å². The van der Waals surface area contributed by atoms with E-state index in [2.05, 4.69) is 15.5 Å². The quantitative estimate of drug-likeness (QED) is 0.719. The van der Waals surface area contributed by atoms with E-state index in [9.17, 15) is 4.79 Å². The first-order valence-electron chi connectivity index (χ1n) is 8.22. The molecule has 6 nitrogen and oxygen atoms in total. The Morgan fingerprint density at radius 3 is 2.73 bits per heavy atom. The van der Waals surface area contributed by atoms with Gasteiger partial charge in [0.2, 0.25) is 12.7 Å². The molecule has 0 fully saturated rings. The zero-order valence-electron chi connectivity index (χ0n) is 13.6. The van der Waals surface area contributed by atoms with Gasteiger partial charge in [0.25, 0.3) is 0 Å². The van der Waals surface area contributed by atoms with Crippen LogP contribution in [0.3, 0.4) is 0 Å². The van der Waals surface area contributed by atoms with Crippen LogP contribution < -0.4 is 14.8 Å². The summed E-state index contributed by atoms with van der Waals surface area (Å²) in [4.78, 5) is 12.2. The van der Waals surface area contributed by atoms with Crippen molar-refractivity contribution in [2.45, 2.75) is 12.3 Å². The minimum Gasteiger partial charge on any atom is -0.454 e. The Kier molecular flexibility index (Phi) is 3.39. The van der Waals surface area contributed by atoms with Gasteiger partial charge in [-0.1, -0.05) is 29.8 Å². The van der Waals surface area contributed by atoms with Crippen molar-refractivity contribution < 1.29 is 14.3 Å². The second-order valence-electron chi connectivity index (χ2n) is 6.29. The maximum atomic E-state index is 12.2. The minimum absolute atomic E-state index is 0.0608. The molecule has 1 aromatic heterocycles. The van der Waals surface area contributed by atoms with Crippen LogP contribution in [0.1, 0.15) is 23.5 Å². The van der Waals surface area contributed by atoms with E-state index in [0.29, 0.717) is 23.0 Å². The molecule has 26 heavy (non-hydrogen) atoms. The molecule has 1 atom stereocenters. The summed E-state index contributed by atoms with van der Waals surface area (Å²) in [5.41, 5.74) is 3.79. The van der Waals surface area contributed by atoms with Gasteiger partial charge in [0.15, 0.2) is 17.3 Å². The molecule has 2 aliphatic rings. The maximum Gasteiger partial charge on any atom is 0.231 e. The minimum atomic E-state index is -0.127. The fourth-order valence-electron chi connectivity index (χ4n) is 3.51. The molecule has 130 valence electrons. The highest BCUT2D eigenvalue weighted by Gasteiger charge is 2.32. The van der Waals surface area contributed by atoms with Crippen LogP contribution >= 0.6 is 11.6 Å². The highest BCUT2D eigenvalue weighted by Crippen LogP contribution is 2.44. The number of amides is 1. The summed E-state index contributed by atoms with van der Waals surface area (Å²) >= 11 is 6.01. The number of nitrogens with zero attached hydrogens (tertiary/aromatic N) is 1. The molecule has 1 unspecified atom stereocenters. The Hall–Kier alpha value is -2.99. The number of aromatic nitrogens is 2. The summed E-state index contributed by atoms with van der Waals surface area (Å²) in [5.74, 6) is 1.80. The lowest BCUT2D eigenvalue weighted by Crippen LogP contribution is -2.23. The molecule has 0 aliphatic carbocycles. The van der Waals surface area contributed by atoms with Gasteiger partial charge in [-0.3, -0.25) is 9.89 Å². The molecule has 3 heterocycles. The number of hydrogen-bond acceptors (Lipinski definition) is 4. The van der Waals surface area contributed by atoms with Gasteiger partial charge < -0.3 is 14.8 Å². The van der Waals surface area contributed by atoms with Gasteiger partial charge in [-0.2, -0.15) is 5.10 Å². The standard InChI is InChI=1S/C19H14ClN3O3/c20-12-4-1-10(2-5-12)18-17-13(8-16(24)21-19(17)23-22-18)11-3-6-14-15(7-11)26-9-25-14/h1-7,13H,8-9H2,(H2,21,22,23,24). The van der Waals surface area contributed by atoms with E-state index in [-0.39, 0.29) is 18.6 Å². The van der Waals surface area contributed by atoms with Crippen molar-refractivity contribution in [1.82, 2.24) is 10.2 Å². The molecule has 5 rings (SSSR count). The predicted octanol–water partition coefficient (Wildman–Crippen LogP) is 3.93. The normalized spacial score (nSPS) is 17.7. The second kappa shape index (κ2) is 5.78. The largest absolute Gasteiger partial charge is 0.454 e. The Balaban J connectivity index is 1.64. The van der Waals surface area contributed by atoms with Crippen LogP contribution in [0.2, 0.25) is 5.02 Å². The number of anilines is 1. The SMILES string of the molecule is O=C1CC(c2ccc3c(c2)OCO3)c2c(n[nH]c2-c2ccc(Cl)cc2)N1. The van der Waals surface area contributed by atoms with Crippen LogP contribution in [0.4, 0.5) is 5.82 Å². The van der Waals surface area contributed by atoms with Gasteiger partial charge in [0.1, 0.15) is 0 Å². The van der Waals surface area contributed by atoms with Crippen molar-refractivity contribution in [1.29, 1.82) is 0 Å². The first kappa shape index (κ1) is 15.3. The molecule has 3 aromatic rings. The van der Waals surface area contributed by atoms with Crippen molar-refractivity contribution in [3.63, 3.8) is 0 Å². The molecule has 2 aliphatic heterocycles. The molecule has 0 spiro atoms. The number of benzene rings is 2. The number of aromatic amines is 1. The number of H-pyrrole nitrogens is 1. The number of halogens is 1. The Morgan fingerprint density at radius 2 is 1.88 bits per heavy atom. The Labute approximate surface area is 154 Å². The molecule has 7 heteroatoms. The number of nitrogens with one attached hydrogen (secondary N) is 2. The third-order valence-electron chi connectivity index (χ3n) is 4.73. The highest BCUT2D eigenvalue weighted by molar-refractivity contribution is 6.30. The van der Waals surface area contributed by atoms with Crippen molar-refractivity contribution in [2.75, 3.05) is 12.1 Å². The number of fused-ring (bicyclic) bond motifs is 2. The molecular weight excluding hydrogens is 354 g/mol. The highest BCUT2D eigenvalue weighted by atomic mass is 35.5. The van der Waals surface area contributed by atoms with Crippen LogP contribution in [0, 0.1) is 0 Å². The molecule has 1 amide bonds. The second-order valence-corrected chi connectivity index (χ2v) is 6.72. The van der Waals surface area contributed by atoms with Crippen LogP contribution in [0.25, 0.3) is 11.3 Å². The summed E-state index contributed by atoms with van der Waals surface area (Å²) in [6.07, 6.45) is 0.340. The van der Waals surface area contributed by atoms with Crippen LogP contribution in [0.15, 0.2) is 42.5 Å². The third-order valence-corrected chi connectivity index (χ3v) is 4.98. The van der Waals surface area contributed by atoms with Crippen LogP contribution in [-0.2, 0) is 4.79 Å². The van der Waals surface area contributed by atoms with Gasteiger partial charge in [-0.15, -0.1) is 0 Å². The third kappa shape index (κ3) is 2.42. The molecule has 0 saturated carbocycles. The van der Waals surface area contributed by atoms with E-state index in [1.807, 2.05) is 42.5 Å². The molecule has 2 aromatic carbocycles. The Morgan fingerprint density at radius 1 is 1.08 bits per heavy atom. The van der Waals surface area contributed by atoms with Gasteiger partial charge in [-0.25, -0.2) is 0 Å². The number of rotatable bonds is 2. The fraction of sp³-hybridized carbons (Fsp3) is 0.158. The van der Waals surface area contributed by atoms with Crippen LogP contribution in [0.5, 0.6) is 11.5 Å². The summed E-state index contributed by atoms with van der Waals surface area (Å²) < 4.78 is 10.9. The monoisotopic (exact) mass is 367 g/mol. The van der Waals surface area contributed by atoms with E-state index >= 15 is 0 Å². The molecule has 0 saturated heterocycles. The molecule has 2 N–H and O–H groups in total. The van der Waals surface area contributed by atoms with Gasteiger partial charge in [0, 0.05) is 28.5 Å². The summed E-state index contributed by atoms with van der Waals surface area (Å²) in [6.45, 7) is 0.219. The van der Waals surface area contributed by atoms with E-state index in [4.69, 9.17) is 21.1 Å². The number of hydrogen-bond donors (Lipinski definition) is 2. The first-order valence-corrected chi connectivity index (χ1v) is 8.60. The van der Waals surface area contributed by atoms with Crippen LogP contribution in [-0.4, -0.2) is 22.9 Å². The summed E-state index contributed by atoms with van der Waals surface area (Å²) in [5, 5.41) is 10.9. The smallest absolute Gasteiger partial charge is 0.231 e. The van der Waals surface area contributed by atoms with E-state index in [1.54, 1.807) is 0 Å². The fourth-order valence-corrected chi connectivity index (χ4v) is 3.63. The molecule has 0 radical (unpaired) electrons. The average Bonchev–Trinajstić information content (AvgIpc) is 3.27. The number of carbonyl (C=O) groups is 1. The van der Waals surface area contributed by atoms with Gasteiger partial charge in [-0.05, 0) is 29.8 Å². The lowest BCUT2D eigenvalue weighted by Gasteiger charge is -2.23. The lowest BCUT2D eigenvalue weighted by atomic mass is 9.84. The zero-order valence-corrected chi connectivity index (χ0v) is 14.3. The topological polar surface area (TPSA) is 76.2 Å². The van der Waals surface area contributed by atoms with Crippen molar-refractivity contribution in [3.05, 3.63) is 58.6 Å². The Bertz CT molecular complexity index is 1010. The maximum absolute atomic E-state index is 12.2. The molecular formula is C19H14ClN3O3. The average molecular weight is 368 g/mol. The van der Waals surface area contributed by atoms with Gasteiger partial charge in [0.05, 0.1) is 5.69 Å². The van der Waals surface area contributed by atoms with E-state index < -0.39 is 0 Å². The van der Waals surface area contributed by atoms with Crippen molar-refractivity contribution in [2.24, 2.45) is 0 Å². The van der Waals surface area contributed by atoms with E-state index in [1.165, 1.54) is 0 Å². The van der Waals surface area contributed by atoms with Crippen molar-refractivity contribution >= 4 is 23.3 Å². The predicted molar refractivity (Wildman–Crippen MR) is 96.7 cm³/mol. The lowest BCUT2D eigenvalue weighted by molar-refractivity contribution is -0.116. The van der Waals surface area contributed by atoms with Crippen molar-refractivity contribution in [3.8, 4) is 22.8 Å². The zero-order chi connectivity index (χ0) is 17.7. The van der Waals surface area contributed by atoms with Gasteiger partial charge >= 0.3 is 0 Å².